The number of phenols is 1. The highest BCUT2D eigenvalue weighted by Gasteiger charge is 2.82. The molecule has 5 nitrogen and oxygen atoms in total. The van der Waals surface area contributed by atoms with Crippen LogP contribution >= 0.6 is 0 Å². The third-order valence-corrected chi connectivity index (χ3v) is 11.6. The maximum Gasteiger partial charge on any atom is 0.165 e. The van der Waals surface area contributed by atoms with Crippen LogP contribution in [0.25, 0.3) is 0 Å². The summed E-state index contributed by atoms with van der Waals surface area (Å²) in [5.41, 5.74) is 2.67. The molecule has 7 aliphatic rings. The molecule has 0 amide bonds. The lowest BCUT2D eigenvalue weighted by Gasteiger charge is -2.74. The minimum absolute atomic E-state index is 0.199. The molecule has 2 heterocycles. The molecular weight excluding hydrogens is 462 g/mol. The summed E-state index contributed by atoms with van der Waals surface area (Å²) in [6.07, 6.45) is 9.14. The molecule has 9 rings (SSSR count). The lowest BCUT2D eigenvalue weighted by Crippen LogP contribution is -2.82. The highest BCUT2D eigenvalue weighted by Crippen LogP contribution is 2.78. The molecule has 194 valence electrons. The van der Waals surface area contributed by atoms with Crippen molar-refractivity contribution < 1.29 is 19.7 Å². The van der Waals surface area contributed by atoms with Crippen molar-refractivity contribution in [3.8, 4) is 11.5 Å². The standard InChI is InChI=1S/C32H37NO4/c1-19-6-4-5-7-22(19)27(35)29(2)18-30-12-13-32(29,36-3)28-31(30)14-15-33(17-20-8-9-20)24(30)16-21-10-11-23(34)26(37-28)25(21)31/h4-7,10-13,20,24,27-28,34-35H,8-9,14-18H2,1-3H3/t24?,27-,28+,29?,30?,31+,32+/m1/s1. The van der Waals surface area contributed by atoms with E-state index >= 15 is 0 Å². The van der Waals surface area contributed by atoms with Crippen LogP contribution in [0.15, 0.2) is 48.6 Å². The van der Waals surface area contributed by atoms with Crippen molar-refractivity contribution in [1.29, 1.82) is 0 Å². The third kappa shape index (κ3) is 2.40. The second-order valence-electron chi connectivity index (χ2n) is 13.0. The van der Waals surface area contributed by atoms with Gasteiger partial charge in [-0.15, -0.1) is 0 Å². The molecule has 2 aromatic carbocycles. The number of aliphatic hydroxyl groups is 1. The summed E-state index contributed by atoms with van der Waals surface area (Å²) in [6.45, 7) is 6.50. The molecule has 0 radical (unpaired) electrons. The van der Waals surface area contributed by atoms with E-state index in [2.05, 4.69) is 49.1 Å². The highest BCUT2D eigenvalue weighted by molar-refractivity contribution is 5.65. The van der Waals surface area contributed by atoms with Crippen LogP contribution in [-0.2, 0) is 16.6 Å². The van der Waals surface area contributed by atoms with Gasteiger partial charge in [0.2, 0.25) is 0 Å². The molecule has 0 aromatic heterocycles. The predicted octanol–water partition coefficient (Wildman–Crippen LogP) is 4.82. The monoisotopic (exact) mass is 499 g/mol. The number of ether oxygens (including phenoxy) is 2. The fourth-order valence-corrected chi connectivity index (χ4v) is 9.77. The van der Waals surface area contributed by atoms with Crippen molar-refractivity contribution in [1.82, 2.24) is 4.90 Å². The number of aliphatic hydroxyl groups excluding tert-OH is 1. The van der Waals surface area contributed by atoms with Crippen LogP contribution in [0.5, 0.6) is 11.5 Å². The van der Waals surface area contributed by atoms with E-state index in [1.165, 1.54) is 24.0 Å². The van der Waals surface area contributed by atoms with Crippen molar-refractivity contribution in [2.75, 3.05) is 20.2 Å². The van der Waals surface area contributed by atoms with E-state index in [0.717, 1.165) is 49.4 Å². The molecule has 2 saturated carbocycles. The summed E-state index contributed by atoms with van der Waals surface area (Å²) in [5, 5.41) is 23.3. The lowest BCUT2D eigenvalue weighted by molar-refractivity contribution is -0.270. The number of aromatic hydroxyl groups is 1. The van der Waals surface area contributed by atoms with E-state index in [4.69, 9.17) is 9.47 Å². The van der Waals surface area contributed by atoms with Crippen LogP contribution in [-0.4, -0.2) is 53.1 Å². The van der Waals surface area contributed by atoms with E-state index < -0.39 is 17.1 Å². The molecule has 37 heavy (non-hydrogen) atoms. The van der Waals surface area contributed by atoms with Gasteiger partial charge in [0.1, 0.15) is 11.7 Å². The Labute approximate surface area is 219 Å². The van der Waals surface area contributed by atoms with Gasteiger partial charge in [-0.1, -0.05) is 49.4 Å². The summed E-state index contributed by atoms with van der Waals surface area (Å²) >= 11 is 0. The number of hydrogen-bond donors (Lipinski definition) is 2. The SMILES string of the molecule is CO[C@]12C=CC3(CC1(C)[C@H](O)c1ccccc1C)C1Cc4ccc(O)c5c4[C@@]3(CCN1CC1CC1)[C@@H]2O5. The first-order valence-electron chi connectivity index (χ1n) is 14.1. The second-order valence-corrected chi connectivity index (χ2v) is 13.0. The van der Waals surface area contributed by atoms with Gasteiger partial charge in [-0.05, 0) is 74.2 Å². The maximum atomic E-state index is 12.3. The van der Waals surface area contributed by atoms with Gasteiger partial charge in [-0.25, -0.2) is 0 Å². The number of rotatable bonds is 5. The Kier molecular flexibility index (Phi) is 4.28. The van der Waals surface area contributed by atoms with Crippen molar-refractivity contribution >= 4 is 0 Å². The predicted molar refractivity (Wildman–Crippen MR) is 141 cm³/mol. The molecule has 2 aromatic rings. The van der Waals surface area contributed by atoms with Gasteiger partial charge in [-0.3, -0.25) is 4.90 Å². The quantitative estimate of drug-likeness (QED) is 0.578. The number of benzene rings is 2. The van der Waals surface area contributed by atoms with Crippen molar-refractivity contribution in [2.45, 2.75) is 75.2 Å². The Morgan fingerprint density at radius 3 is 2.73 bits per heavy atom. The molecule has 2 aliphatic heterocycles. The highest BCUT2D eigenvalue weighted by atomic mass is 16.6. The van der Waals surface area contributed by atoms with E-state index in [-0.39, 0.29) is 22.7 Å². The first kappa shape index (κ1) is 22.6. The number of phenolic OH excluding ortho intramolecular Hbond substituents is 1. The molecule has 5 aliphatic carbocycles. The van der Waals surface area contributed by atoms with E-state index in [1.54, 1.807) is 7.11 Å². The molecule has 7 atom stereocenters. The Bertz CT molecular complexity index is 1350. The molecule has 1 saturated heterocycles. The average Bonchev–Trinajstić information content (AvgIpc) is 3.64. The summed E-state index contributed by atoms with van der Waals surface area (Å²) < 4.78 is 13.5. The largest absolute Gasteiger partial charge is 0.504 e. The molecule has 4 bridgehead atoms. The molecule has 2 N–H and O–H groups in total. The molecular formula is C32H37NO4. The number of nitrogens with zero attached hydrogens (tertiary/aromatic N) is 1. The second kappa shape index (κ2) is 6.99. The van der Waals surface area contributed by atoms with Crippen LogP contribution in [0.3, 0.4) is 0 Å². The van der Waals surface area contributed by atoms with E-state index in [1.807, 2.05) is 18.2 Å². The fourth-order valence-electron chi connectivity index (χ4n) is 9.77. The zero-order chi connectivity index (χ0) is 25.4. The normalized spacial score (nSPS) is 41.4. The number of fused-ring (bicyclic) bond motifs is 1. The fraction of sp³-hybridized carbons (Fsp3) is 0.562. The van der Waals surface area contributed by atoms with Gasteiger partial charge in [0, 0.05) is 36.1 Å². The topological polar surface area (TPSA) is 62.2 Å². The Hall–Kier alpha value is -2.34. The smallest absolute Gasteiger partial charge is 0.165 e. The van der Waals surface area contributed by atoms with Crippen molar-refractivity contribution in [2.24, 2.45) is 16.7 Å². The maximum absolute atomic E-state index is 12.3. The van der Waals surface area contributed by atoms with Crippen LogP contribution in [0.2, 0.25) is 0 Å². The summed E-state index contributed by atoms with van der Waals surface area (Å²) in [6, 6.07) is 12.5. The van der Waals surface area contributed by atoms with Gasteiger partial charge >= 0.3 is 0 Å². The third-order valence-electron chi connectivity index (χ3n) is 11.6. The van der Waals surface area contributed by atoms with Crippen LogP contribution in [0, 0.1) is 23.7 Å². The van der Waals surface area contributed by atoms with Crippen LogP contribution in [0.4, 0.5) is 0 Å². The lowest BCUT2D eigenvalue weighted by atomic mass is 9.33. The Balaban J connectivity index is 1.38. The summed E-state index contributed by atoms with van der Waals surface area (Å²) in [4.78, 5) is 2.77. The summed E-state index contributed by atoms with van der Waals surface area (Å²) in [5.74, 6) is 1.69. The van der Waals surface area contributed by atoms with E-state index in [9.17, 15) is 10.2 Å². The minimum atomic E-state index is -0.834. The summed E-state index contributed by atoms with van der Waals surface area (Å²) in [7, 11) is 1.78. The van der Waals surface area contributed by atoms with E-state index in [0.29, 0.717) is 11.8 Å². The minimum Gasteiger partial charge on any atom is -0.504 e. The van der Waals surface area contributed by atoms with Gasteiger partial charge in [-0.2, -0.15) is 0 Å². The number of aryl methyl sites for hydroxylation is 1. The van der Waals surface area contributed by atoms with Gasteiger partial charge in [0.15, 0.2) is 11.5 Å². The Morgan fingerprint density at radius 2 is 1.97 bits per heavy atom. The molecule has 2 spiro atoms. The number of methoxy groups -OCH3 is 1. The van der Waals surface area contributed by atoms with Crippen LogP contribution in [0.1, 0.15) is 61.0 Å². The number of piperidine rings is 1. The van der Waals surface area contributed by atoms with Gasteiger partial charge in [0.05, 0.1) is 11.5 Å². The molecule has 3 unspecified atom stereocenters. The number of likely N-dealkylation sites (tertiary alicyclic amines) is 1. The first-order chi connectivity index (χ1) is 17.8. The molecule has 5 heteroatoms. The van der Waals surface area contributed by atoms with Gasteiger partial charge < -0.3 is 19.7 Å². The Morgan fingerprint density at radius 1 is 1.16 bits per heavy atom. The van der Waals surface area contributed by atoms with Crippen molar-refractivity contribution in [3.05, 3.63) is 70.8 Å². The zero-order valence-corrected chi connectivity index (χ0v) is 22.0. The zero-order valence-electron chi connectivity index (χ0n) is 22.0. The van der Waals surface area contributed by atoms with Crippen LogP contribution < -0.4 is 4.74 Å². The first-order valence-corrected chi connectivity index (χ1v) is 14.1. The van der Waals surface area contributed by atoms with Crippen molar-refractivity contribution in [3.63, 3.8) is 0 Å². The number of hydrogen-bond acceptors (Lipinski definition) is 5. The average molecular weight is 500 g/mol. The molecule has 3 fully saturated rings. The van der Waals surface area contributed by atoms with Gasteiger partial charge in [0.25, 0.3) is 0 Å².